The molecule has 2 rings (SSSR count). The van der Waals surface area contributed by atoms with Crippen LogP contribution >= 0.6 is 0 Å². The topological polar surface area (TPSA) is 95.5 Å². The second-order valence-electron chi connectivity index (χ2n) is 7.26. The van der Waals surface area contributed by atoms with Gasteiger partial charge in [-0.15, -0.1) is 0 Å². The third-order valence-electron chi connectivity index (χ3n) is 3.73. The fourth-order valence-electron chi connectivity index (χ4n) is 2.36. The number of carbonyl (C=O) groups is 2. The SMILES string of the molecule is COC(=O)c1ccc(COc2ccc(/C=N\NC(=O)OC(C)(C)C)cc2OC)cc1. The molecule has 0 bridgehead atoms. The molecule has 0 aliphatic carbocycles. The van der Waals surface area contributed by atoms with Crippen molar-refractivity contribution in [3.63, 3.8) is 0 Å². The van der Waals surface area contributed by atoms with Crippen molar-refractivity contribution in [2.45, 2.75) is 33.0 Å². The summed E-state index contributed by atoms with van der Waals surface area (Å²) < 4.78 is 21.0. The number of methoxy groups -OCH3 is 2. The second kappa shape index (κ2) is 10.3. The van der Waals surface area contributed by atoms with Crippen molar-refractivity contribution in [1.29, 1.82) is 0 Å². The Morgan fingerprint density at radius 2 is 1.73 bits per heavy atom. The molecule has 0 saturated carbocycles. The molecule has 0 heterocycles. The van der Waals surface area contributed by atoms with Gasteiger partial charge in [-0.25, -0.2) is 15.0 Å². The second-order valence-corrected chi connectivity index (χ2v) is 7.26. The van der Waals surface area contributed by atoms with Gasteiger partial charge in [0.25, 0.3) is 0 Å². The van der Waals surface area contributed by atoms with Crippen LogP contribution in [0, 0.1) is 0 Å². The van der Waals surface area contributed by atoms with Gasteiger partial charge < -0.3 is 18.9 Å². The first-order valence-electron chi connectivity index (χ1n) is 9.22. The third kappa shape index (κ3) is 7.12. The molecule has 0 radical (unpaired) electrons. The maximum atomic E-state index is 11.6. The Morgan fingerprint density at radius 1 is 1.03 bits per heavy atom. The number of nitrogens with zero attached hydrogens (tertiary/aromatic N) is 1. The summed E-state index contributed by atoms with van der Waals surface area (Å²) in [5.74, 6) is 0.678. The van der Waals surface area contributed by atoms with Crippen LogP contribution in [0.2, 0.25) is 0 Å². The van der Waals surface area contributed by atoms with E-state index in [1.807, 2.05) is 0 Å². The lowest BCUT2D eigenvalue weighted by Crippen LogP contribution is -2.29. The normalized spacial score (nSPS) is 11.1. The van der Waals surface area contributed by atoms with Crippen molar-refractivity contribution < 1.29 is 28.5 Å². The number of ether oxygens (including phenoxy) is 4. The summed E-state index contributed by atoms with van der Waals surface area (Å²) in [4.78, 5) is 23.1. The zero-order valence-electron chi connectivity index (χ0n) is 17.7. The van der Waals surface area contributed by atoms with Gasteiger partial charge >= 0.3 is 12.1 Å². The van der Waals surface area contributed by atoms with Gasteiger partial charge in [0, 0.05) is 0 Å². The smallest absolute Gasteiger partial charge is 0.428 e. The number of hydrazone groups is 1. The van der Waals surface area contributed by atoms with Gasteiger partial charge in [-0.1, -0.05) is 12.1 Å². The highest BCUT2D eigenvalue weighted by Gasteiger charge is 2.15. The van der Waals surface area contributed by atoms with E-state index in [1.165, 1.54) is 20.4 Å². The van der Waals surface area contributed by atoms with Crippen LogP contribution in [0.3, 0.4) is 0 Å². The molecular formula is C22H26N2O6. The minimum absolute atomic E-state index is 0.297. The summed E-state index contributed by atoms with van der Waals surface area (Å²) in [6.45, 7) is 5.61. The summed E-state index contributed by atoms with van der Waals surface area (Å²) in [5, 5.41) is 3.87. The lowest BCUT2D eigenvalue weighted by molar-refractivity contribution is 0.0528. The van der Waals surface area contributed by atoms with Crippen molar-refractivity contribution in [1.82, 2.24) is 5.43 Å². The molecule has 1 N–H and O–H groups in total. The van der Waals surface area contributed by atoms with Crippen LogP contribution in [0.25, 0.3) is 0 Å². The molecule has 160 valence electrons. The molecule has 0 unspecified atom stereocenters. The van der Waals surface area contributed by atoms with Gasteiger partial charge in [-0.3, -0.25) is 0 Å². The Labute approximate surface area is 175 Å². The van der Waals surface area contributed by atoms with Crippen molar-refractivity contribution in [2.24, 2.45) is 5.10 Å². The first-order valence-corrected chi connectivity index (χ1v) is 9.22. The molecule has 2 aromatic rings. The molecule has 8 heteroatoms. The Kier molecular flexibility index (Phi) is 7.80. The molecule has 0 aliphatic rings. The van der Waals surface area contributed by atoms with Crippen LogP contribution in [0.5, 0.6) is 11.5 Å². The van der Waals surface area contributed by atoms with E-state index in [0.717, 1.165) is 5.56 Å². The Bertz CT molecular complexity index is 901. The van der Waals surface area contributed by atoms with Crippen LogP contribution in [0.1, 0.15) is 42.3 Å². The van der Waals surface area contributed by atoms with E-state index in [2.05, 4.69) is 15.3 Å². The highest BCUT2D eigenvalue weighted by atomic mass is 16.6. The summed E-state index contributed by atoms with van der Waals surface area (Å²) in [6, 6.07) is 12.2. The van der Waals surface area contributed by atoms with Crippen LogP contribution in [-0.4, -0.2) is 38.1 Å². The van der Waals surface area contributed by atoms with E-state index >= 15 is 0 Å². The Hall–Kier alpha value is -3.55. The third-order valence-corrected chi connectivity index (χ3v) is 3.73. The standard InChI is InChI=1S/C22H26N2O6/c1-22(2,3)30-21(26)24-23-13-16-8-11-18(19(12-16)27-4)29-14-15-6-9-17(10-7-15)20(25)28-5/h6-13H,14H2,1-5H3,(H,24,26)/b23-13-. The van der Waals surface area contributed by atoms with Gasteiger partial charge in [-0.05, 0) is 62.2 Å². The van der Waals surface area contributed by atoms with E-state index in [1.54, 1.807) is 63.2 Å². The first-order chi connectivity index (χ1) is 14.2. The van der Waals surface area contributed by atoms with Crippen molar-refractivity contribution in [3.05, 3.63) is 59.2 Å². The maximum absolute atomic E-state index is 11.6. The highest BCUT2D eigenvalue weighted by molar-refractivity contribution is 5.89. The Morgan fingerprint density at radius 3 is 2.33 bits per heavy atom. The van der Waals surface area contributed by atoms with Crippen LogP contribution < -0.4 is 14.9 Å². The molecule has 30 heavy (non-hydrogen) atoms. The van der Waals surface area contributed by atoms with E-state index in [9.17, 15) is 9.59 Å². The maximum Gasteiger partial charge on any atom is 0.428 e. The van der Waals surface area contributed by atoms with Gasteiger partial charge in [0.15, 0.2) is 11.5 Å². The fourth-order valence-corrected chi connectivity index (χ4v) is 2.36. The summed E-state index contributed by atoms with van der Waals surface area (Å²) in [6.07, 6.45) is 0.839. The largest absolute Gasteiger partial charge is 0.493 e. The quantitative estimate of drug-likeness (QED) is 0.419. The van der Waals surface area contributed by atoms with Gasteiger partial charge in [0.1, 0.15) is 12.2 Å². The monoisotopic (exact) mass is 414 g/mol. The van der Waals surface area contributed by atoms with Crippen molar-refractivity contribution in [2.75, 3.05) is 14.2 Å². The molecule has 0 fully saturated rings. The molecular weight excluding hydrogens is 388 g/mol. The van der Waals surface area contributed by atoms with E-state index in [4.69, 9.17) is 14.2 Å². The minimum Gasteiger partial charge on any atom is -0.493 e. The van der Waals surface area contributed by atoms with Gasteiger partial charge in [0.2, 0.25) is 0 Å². The van der Waals surface area contributed by atoms with Gasteiger partial charge in [0.05, 0.1) is 26.0 Å². The van der Waals surface area contributed by atoms with Crippen LogP contribution in [0.15, 0.2) is 47.6 Å². The number of nitrogens with one attached hydrogen (secondary N) is 1. The molecule has 0 atom stereocenters. The van der Waals surface area contributed by atoms with Crippen molar-refractivity contribution >= 4 is 18.3 Å². The summed E-state index contributed by atoms with van der Waals surface area (Å²) in [7, 11) is 2.88. The fraction of sp³-hybridized carbons (Fsp3) is 0.318. The zero-order valence-corrected chi connectivity index (χ0v) is 17.7. The highest BCUT2D eigenvalue weighted by Crippen LogP contribution is 2.28. The zero-order chi connectivity index (χ0) is 22.1. The Balaban J connectivity index is 1.97. The van der Waals surface area contributed by atoms with Crippen molar-refractivity contribution in [3.8, 4) is 11.5 Å². The number of hydrogen-bond acceptors (Lipinski definition) is 7. The van der Waals surface area contributed by atoms with E-state index in [0.29, 0.717) is 29.2 Å². The summed E-state index contributed by atoms with van der Waals surface area (Å²) in [5.41, 5.74) is 3.78. The molecule has 0 saturated heterocycles. The molecule has 0 aromatic heterocycles. The number of amides is 1. The van der Waals surface area contributed by atoms with Crippen LogP contribution in [0.4, 0.5) is 4.79 Å². The molecule has 1 amide bonds. The predicted octanol–water partition coefficient (Wildman–Crippen LogP) is 3.92. The lowest BCUT2D eigenvalue weighted by atomic mass is 10.1. The van der Waals surface area contributed by atoms with E-state index in [-0.39, 0.29) is 5.97 Å². The molecule has 2 aromatic carbocycles. The number of benzene rings is 2. The first kappa shape index (κ1) is 22.7. The summed E-state index contributed by atoms with van der Waals surface area (Å²) >= 11 is 0. The predicted molar refractivity (Wildman–Crippen MR) is 112 cm³/mol. The molecule has 0 aliphatic heterocycles. The number of rotatable bonds is 7. The number of hydrogen-bond donors (Lipinski definition) is 1. The van der Waals surface area contributed by atoms with E-state index < -0.39 is 11.7 Å². The minimum atomic E-state index is -0.635. The average molecular weight is 414 g/mol. The number of esters is 1. The lowest BCUT2D eigenvalue weighted by Gasteiger charge is -2.18. The number of carbonyl (C=O) groups excluding carboxylic acids is 2. The average Bonchev–Trinajstić information content (AvgIpc) is 2.71. The van der Waals surface area contributed by atoms with Crippen LogP contribution in [-0.2, 0) is 16.1 Å². The van der Waals surface area contributed by atoms with Gasteiger partial charge in [-0.2, -0.15) is 5.10 Å². The molecule has 8 nitrogen and oxygen atoms in total. The molecule has 0 spiro atoms.